The van der Waals surface area contributed by atoms with Crippen LogP contribution >= 0.6 is 23.2 Å². The van der Waals surface area contributed by atoms with Crippen LogP contribution in [0.2, 0.25) is 10.0 Å². The Morgan fingerprint density at radius 2 is 1.71 bits per heavy atom. The molecule has 6 nitrogen and oxygen atoms in total. The molecule has 3 atom stereocenters. The van der Waals surface area contributed by atoms with E-state index in [0.717, 1.165) is 62.7 Å². The van der Waals surface area contributed by atoms with Crippen LogP contribution in [0, 0.1) is 0 Å². The number of rotatable bonds is 6. The number of fused-ring (bicyclic) bond motifs is 2. The average molecular weight is 518 g/mol. The third-order valence-corrected chi connectivity index (χ3v) is 8.92. The van der Waals surface area contributed by atoms with E-state index in [1.807, 2.05) is 18.2 Å². The Kier molecular flexibility index (Phi) is 6.72. The van der Waals surface area contributed by atoms with E-state index in [9.17, 15) is 4.79 Å². The van der Waals surface area contributed by atoms with Crippen LogP contribution in [0.25, 0.3) is 11.3 Å². The number of nitrogens with one attached hydrogen (secondary N) is 1. The zero-order valence-electron chi connectivity index (χ0n) is 20.0. The Labute approximate surface area is 216 Å². The third kappa shape index (κ3) is 4.82. The summed E-state index contributed by atoms with van der Waals surface area (Å²) in [6, 6.07) is 6.47. The Morgan fingerprint density at radius 3 is 2.37 bits per heavy atom. The smallest absolute Gasteiger partial charge is 0.318 e. The molecule has 188 valence electrons. The number of halogens is 2. The van der Waals surface area contributed by atoms with Crippen molar-refractivity contribution >= 4 is 29.2 Å². The quantitative estimate of drug-likeness (QED) is 0.444. The molecule has 0 radical (unpaired) electrons. The van der Waals surface area contributed by atoms with Crippen molar-refractivity contribution in [2.24, 2.45) is 0 Å². The van der Waals surface area contributed by atoms with E-state index in [1.54, 1.807) is 0 Å². The van der Waals surface area contributed by atoms with E-state index in [0.29, 0.717) is 39.9 Å². The molecule has 8 heteroatoms. The normalized spacial score (nSPS) is 26.8. The number of carbonyl (C=O) groups excluding carboxylic acids is 1. The standard InChI is InChI=1S/C27H33Cl2N3O3/c28-22-7-4-8-23(29)24(22)25-21(26(35-31-25)16-9-10-16)15-34-20-13-18-11-12-19(14-20)32(18)27(33)30-17-5-2-1-3-6-17/h4,7-8,16-20H,1-3,5-6,9-15H2,(H,30,33)/t18-,19?,20?/m0/s1. The summed E-state index contributed by atoms with van der Waals surface area (Å²) in [5.41, 5.74) is 2.36. The SMILES string of the molecule is O=C(NC1CCCCC1)N1C2CC[C@H]1CC(OCc1c(-c3c(Cl)cccc3Cl)noc1C1CC1)C2. The maximum atomic E-state index is 13.1. The lowest BCUT2D eigenvalue weighted by molar-refractivity contribution is -0.0175. The first-order chi connectivity index (χ1) is 17.1. The first-order valence-corrected chi connectivity index (χ1v) is 14.0. The van der Waals surface area contributed by atoms with Gasteiger partial charge in [0, 0.05) is 35.2 Å². The number of urea groups is 1. The fourth-order valence-corrected chi connectivity index (χ4v) is 6.92. The van der Waals surface area contributed by atoms with E-state index in [1.165, 1.54) is 19.3 Å². The number of hydrogen-bond donors (Lipinski definition) is 1. The second-order valence-corrected chi connectivity index (χ2v) is 11.5. The third-order valence-electron chi connectivity index (χ3n) is 8.29. The number of nitrogens with zero attached hydrogens (tertiary/aromatic N) is 2. The van der Waals surface area contributed by atoms with Gasteiger partial charge in [0.05, 0.1) is 22.8 Å². The molecule has 2 amide bonds. The van der Waals surface area contributed by atoms with Crippen LogP contribution < -0.4 is 5.32 Å². The molecule has 1 N–H and O–H groups in total. The van der Waals surface area contributed by atoms with Crippen LogP contribution in [0.15, 0.2) is 22.7 Å². The Hall–Kier alpha value is -1.76. The highest BCUT2D eigenvalue weighted by Crippen LogP contribution is 2.46. The van der Waals surface area contributed by atoms with Crippen LogP contribution in [-0.4, -0.2) is 40.3 Å². The number of ether oxygens (including phenoxy) is 1. The van der Waals surface area contributed by atoms with E-state index < -0.39 is 0 Å². The summed E-state index contributed by atoms with van der Waals surface area (Å²) in [7, 11) is 0. The van der Waals surface area contributed by atoms with Crippen LogP contribution in [0.1, 0.15) is 87.9 Å². The predicted octanol–water partition coefficient (Wildman–Crippen LogP) is 7.08. The van der Waals surface area contributed by atoms with E-state index >= 15 is 0 Å². The van der Waals surface area contributed by atoms with Crippen molar-refractivity contribution in [1.82, 2.24) is 15.4 Å². The molecule has 6 rings (SSSR count). The summed E-state index contributed by atoms with van der Waals surface area (Å²) in [5, 5.41) is 8.82. The van der Waals surface area contributed by atoms with Crippen molar-refractivity contribution in [3.8, 4) is 11.3 Å². The fraction of sp³-hybridized carbons (Fsp3) is 0.630. The average Bonchev–Trinajstić information content (AvgIpc) is 3.55. The van der Waals surface area contributed by atoms with Crippen LogP contribution in [0.4, 0.5) is 4.79 Å². The Morgan fingerprint density at radius 1 is 1.03 bits per heavy atom. The lowest BCUT2D eigenvalue weighted by Crippen LogP contribution is -2.54. The molecule has 2 saturated heterocycles. The molecule has 0 spiro atoms. The molecule has 4 aliphatic rings. The molecule has 2 aromatic rings. The van der Waals surface area contributed by atoms with E-state index in [4.69, 9.17) is 32.5 Å². The number of carbonyl (C=O) groups is 1. The zero-order chi connectivity index (χ0) is 23.9. The first kappa shape index (κ1) is 23.6. The summed E-state index contributed by atoms with van der Waals surface area (Å²) >= 11 is 13.0. The first-order valence-electron chi connectivity index (χ1n) is 13.2. The number of hydrogen-bond acceptors (Lipinski definition) is 4. The van der Waals surface area contributed by atoms with Gasteiger partial charge in [-0.05, 0) is 63.5 Å². The fourth-order valence-electron chi connectivity index (χ4n) is 6.34. The van der Waals surface area contributed by atoms with Crippen molar-refractivity contribution < 1.29 is 14.1 Å². The minimum absolute atomic E-state index is 0.114. The molecule has 2 aliphatic carbocycles. The van der Waals surface area contributed by atoms with Gasteiger partial charge in [-0.15, -0.1) is 0 Å². The van der Waals surface area contributed by atoms with Crippen molar-refractivity contribution in [2.75, 3.05) is 0 Å². The summed E-state index contributed by atoms with van der Waals surface area (Å²) in [6.45, 7) is 0.421. The molecule has 2 aliphatic heterocycles. The molecule has 1 aromatic heterocycles. The molecule has 35 heavy (non-hydrogen) atoms. The maximum Gasteiger partial charge on any atom is 0.318 e. The summed E-state index contributed by atoms with van der Waals surface area (Å²) < 4.78 is 12.3. The van der Waals surface area contributed by atoms with Gasteiger partial charge in [-0.25, -0.2) is 4.79 Å². The number of benzene rings is 1. The monoisotopic (exact) mass is 517 g/mol. The second-order valence-electron chi connectivity index (χ2n) is 10.7. The summed E-state index contributed by atoms with van der Waals surface area (Å²) in [4.78, 5) is 15.2. The highest BCUT2D eigenvalue weighted by molar-refractivity contribution is 6.39. The number of piperidine rings is 1. The molecular formula is C27H33Cl2N3O3. The van der Waals surface area contributed by atoms with Crippen molar-refractivity contribution in [3.05, 3.63) is 39.6 Å². The Bertz CT molecular complexity index is 1050. The van der Waals surface area contributed by atoms with Gasteiger partial charge in [0.25, 0.3) is 0 Å². The van der Waals surface area contributed by atoms with E-state index in [2.05, 4.69) is 15.4 Å². The molecule has 2 saturated carbocycles. The highest BCUT2D eigenvalue weighted by atomic mass is 35.5. The minimum atomic E-state index is 0.114. The molecule has 4 fully saturated rings. The molecule has 2 bridgehead atoms. The van der Waals surface area contributed by atoms with Gasteiger partial charge in [0.15, 0.2) is 0 Å². The molecule has 2 unspecified atom stereocenters. The van der Waals surface area contributed by atoms with Crippen LogP contribution in [0.3, 0.4) is 0 Å². The lowest BCUT2D eigenvalue weighted by atomic mass is 9.95. The highest BCUT2D eigenvalue weighted by Gasteiger charge is 2.44. The Balaban J connectivity index is 1.14. The van der Waals surface area contributed by atoms with Gasteiger partial charge < -0.3 is 19.5 Å². The number of aromatic nitrogens is 1. The topological polar surface area (TPSA) is 67.6 Å². The van der Waals surface area contributed by atoms with Crippen molar-refractivity contribution in [1.29, 1.82) is 0 Å². The zero-order valence-corrected chi connectivity index (χ0v) is 21.5. The van der Waals surface area contributed by atoms with Gasteiger partial charge in [0.1, 0.15) is 11.5 Å². The maximum absolute atomic E-state index is 13.1. The summed E-state index contributed by atoms with van der Waals surface area (Å²) in [5.74, 6) is 1.31. The lowest BCUT2D eigenvalue weighted by Gasteiger charge is -2.39. The van der Waals surface area contributed by atoms with Gasteiger partial charge in [-0.1, -0.05) is 53.7 Å². The van der Waals surface area contributed by atoms with Gasteiger partial charge in [-0.3, -0.25) is 0 Å². The molecule has 3 heterocycles. The predicted molar refractivity (Wildman–Crippen MR) is 136 cm³/mol. The van der Waals surface area contributed by atoms with Crippen LogP contribution in [-0.2, 0) is 11.3 Å². The minimum Gasteiger partial charge on any atom is -0.373 e. The summed E-state index contributed by atoms with van der Waals surface area (Å²) in [6.07, 6.45) is 12.2. The number of amides is 2. The van der Waals surface area contributed by atoms with Gasteiger partial charge >= 0.3 is 6.03 Å². The second kappa shape index (κ2) is 9.95. The van der Waals surface area contributed by atoms with Gasteiger partial charge in [0.2, 0.25) is 0 Å². The van der Waals surface area contributed by atoms with Crippen molar-refractivity contribution in [3.63, 3.8) is 0 Å². The molecule has 1 aromatic carbocycles. The largest absolute Gasteiger partial charge is 0.373 e. The van der Waals surface area contributed by atoms with Crippen LogP contribution in [0.5, 0.6) is 0 Å². The van der Waals surface area contributed by atoms with E-state index in [-0.39, 0.29) is 24.2 Å². The molecular weight excluding hydrogens is 485 g/mol. The van der Waals surface area contributed by atoms with Crippen molar-refractivity contribution in [2.45, 2.75) is 107 Å². The van der Waals surface area contributed by atoms with Gasteiger partial charge in [-0.2, -0.15) is 0 Å².